The molecule has 1 aliphatic carbocycles. The van der Waals surface area contributed by atoms with Gasteiger partial charge in [0.1, 0.15) is 0 Å². The molecule has 102 valence electrons. The van der Waals surface area contributed by atoms with Gasteiger partial charge in [0.15, 0.2) is 0 Å². The van der Waals surface area contributed by atoms with Gasteiger partial charge in [0.25, 0.3) is 0 Å². The average Bonchev–Trinajstić information content (AvgIpc) is 2.27. The molecule has 3 atom stereocenters. The molecule has 0 aromatic carbocycles. The zero-order valence-corrected chi connectivity index (χ0v) is 12.7. The van der Waals surface area contributed by atoms with Crippen molar-refractivity contribution >= 4 is 0 Å². The Kier molecular flexibility index (Phi) is 5.46. The van der Waals surface area contributed by atoms with E-state index in [2.05, 4.69) is 52.0 Å². The highest BCUT2D eigenvalue weighted by Gasteiger charge is 2.37. The molecular formula is C15H32N2. The Morgan fingerprint density at radius 3 is 2.59 bits per heavy atom. The van der Waals surface area contributed by atoms with Crippen molar-refractivity contribution in [2.75, 3.05) is 14.1 Å². The zero-order chi connectivity index (χ0) is 13.1. The van der Waals surface area contributed by atoms with Gasteiger partial charge < -0.3 is 5.32 Å². The van der Waals surface area contributed by atoms with Crippen molar-refractivity contribution in [3.63, 3.8) is 0 Å². The minimum absolute atomic E-state index is 0.512. The number of hydrogen-bond donors (Lipinski definition) is 1. The first-order chi connectivity index (χ1) is 7.91. The van der Waals surface area contributed by atoms with Crippen LogP contribution in [0.5, 0.6) is 0 Å². The second-order valence-electron chi connectivity index (χ2n) is 6.67. The zero-order valence-electron chi connectivity index (χ0n) is 12.7. The monoisotopic (exact) mass is 240 g/mol. The fourth-order valence-electron chi connectivity index (χ4n) is 3.26. The molecule has 3 unspecified atom stereocenters. The van der Waals surface area contributed by atoms with Crippen molar-refractivity contribution in [2.24, 2.45) is 5.41 Å². The maximum absolute atomic E-state index is 3.53. The van der Waals surface area contributed by atoms with Gasteiger partial charge in [0.2, 0.25) is 0 Å². The van der Waals surface area contributed by atoms with Crippen LogP contribution in [0.15, 0.2) is 0 Å². The molecule has 1 saturated carbocycles. The van der Waals surface area contributed by atoms with E-state index < -0.39 is 0 Å². The summed E-state index contributed by atoms with van der Waals surface area (Å²) in [7, 11) is 4.44. The van der Waals surface area contributed by atoms with E-state index in [0.717, 1.165) is 0 Å². The Morgan fingerprint density at radius 2 is 2.06 bits per heavy atom. The smallest absolute Gasteiger partial charge is 0.0254 e. The molecule has 0 aromatic heterocycles. The molecule has 1 N–H and O–H groups in total. The summed E-state index contributed by atoms with van der Waals surface area (Å²) in [6.45, 7) is 9.50. The summed E-state index contributed by atoms with van der Waals surface area (Å²) < 4.78 is 0. The molecule has 1 fully saturated rings. The summed E-state index contributed by atoms with van der Waals surface area (Å²) in [4.78, 5) is 2.62. The molecular weight excluding hydrogens is 208 g/mol. The van der Waals surface area contributed by atoms with Crippen molar-refractivity contribution in [3.8, 4) is 0 Å². The second kappa shape index (κ2) is 6.19. The van der Waals surface area contributed by atoms with Gasteiger partial charge in [0, 0.05) is 18.1 Å². The predicted molar refractivity (Wildman–Crippen MR) is 76.4 cm³/mol. The Morgan fingerprint density at radius 1 is 1.41 bits per heavy atom. The third-order valence-electron chi connectivity index (χ3n) is 4.65. The number of nitrogens with one attached hydrogen (secondary N) is 1. The molecule has 0 bridgehead atoms. The van der Waals surface area contributed by atoms with Crippen LogP contribution in [-0.2, 0) is 0 Å². The highest BCUT2D eigenvalue weighted by Crippen LogP contribution is 2.37. The molecule has 0 saturated heterocycles. The molecule has 2 nitrogen and oxygen atoms in total. The Bertz CT molecular complexity index is 225. The first-order valence-electron chi connectivity index (χ1n) is 7.30. The van der Waals surface area contributed by atoms with Gasteiger partial charge in [-0.25, -0.2) is 0 Å². The molecule has 0 aliphatic heterocycles. The molecule has 1 aliphatic rings. The fourth-order valence-corrected chi connectivity index (χ4v) is 3.26. The summed E-state index contributed by atoms with van der Waals surface area (Å²) in [6, 6.07) is 2.08. The van der Waals surface area contributed by atoms with Crippen LogP contribution in [0.4, 0.5) is 0 Å². The quantitative estimate of drug-likeness (QED) is 0.793. The van der Waals surface area contributed by atoms with E-state index in [9.17, 15) is 0 Å². The maximum atomic E-state index is 3.53. The third-order valence-corrected chi connectivity index (χ3v) is 4.65. The molecule has 0 aromatic rings. The van der Waals surface area contributed by atoms with Gasteiger partial charge in [-0.15, -0.1) is 0 Å². The number of hydrogen-bond acceptors (Lipinski definition) is 2. The molecule has 0 heterocycles. The minimum atomic E-state index is 0.512. The van der Waals surface area contributed by atoms with Gasteiger partial charge in [-0.05, 0) is 52.1 Å². The highest BCUT2D eigenvalue weighted by atomic mass is 15.2. The van der Waals surface area contributed by atoms with E-state index in [0.29, 0.717) is 23.5 Å². The van der Waals surface area contributed by atoms with Crippen molar-refractivity contribution in [3.05, 3.63) is 0 Å². The molecule has 0 spiro atoms. The molecule has 0 amide bonds. The topological polar surface area (TPSA) is 15.3 Å². The van der Waals surface area contributed by atoms with Crippen LogP contribution in [0.25, 0.3) is 0 Å². The number of likely N-dealkylation sites (N-methyl/N-ethyl adjacent to an activating group) is 2. The summed E-state index contributed by atoms with van der Waals surface area (Å²) in [5.41, 5.74) is 0.512. The number of nitrogens with zero attached hydrogens (tertiary/aromatic N) is 1. The van der Waals surface area contributed by atoms with E-state index in [-0.39, 0.29) is 0 Å². The van der Waals surface area contributed by atoms with Gasteiger partial charge in [-0.2, -0.15) is 0 Å². The molecule has 1 rings (SSSR count). The Hall–Kier alpha value is -0.0800. The van der Waals surface area contributed by atoms with Crippen LogP contribution in [0.1, 0.15) is 59.8 Å². The van der Waals surface area contributed by atoms with Crippen molar-refractivity contribution in [2.45, 2.75) is 77.9 Å². The second-order valence-corrected chi connectivity index (χ2v) is 6.67. The lowest BCUT2D eigenvalue weighted by Gasteiger charge is -2.46. The van der Waals surface area contributed by atoms with Gasteiger partial charge in [-0.1, -0.05) is 27.2 Å². The lowest BCUT2D eigenvalue weighted by Crippen LogP contribution is -2.54. The Balaban J connectivity index is 2.68. The lowest BCUT2D eigenvalue weighted by atomic mass is 9.72. The SMILES string of the molecule is CCCC(C)N(C)C1CC(C)(C)CCC1NC. The van der Waals surface area contributed by atoms with Gasteiger partial charge in [-0.3, -0.25) is 4.90 Å². The third kappa shape index (κ3) is 3.96. The summed E-state index contributed by atoms with van der Waals surface area (Å²) >= 11 is 0. The summed E-state index contributed by atoms with van der Waals surface area (Å²) in [6.07, 6.45) is 6.58. The average molecular weight is 240 g/mol. The highest BCUT2D eigenvalue weighted by molar-refractivity contribution is 4.94. The maximum Gasteiger partial charge on any atom is 0.0254 e. The molecule has 2 heteroatoms. The molecule has 0 radical (unpaired) electrons. The summed E-state index contributed by atoms with van der Waals surface area (Å²) in [5.74, 6) is 0. The van der Waals surface area contributed by atoms with E-state index in [1.54, 1.807) is 0 Å². The normalized spacial score (nSPS) is 30.5. The van der Waals surface area contributed by atoms with E-state index in [1.807, 2.05) is 0 Å². The minimum Gasteiger partial charge on any atom is -0.315 e. The summed E-state index contributed by atoms with van der Waals surface area (Å²) in [5, 5.41) is 3.53. The standard InChI is InChI=1S/C15H32N2/c1-7-8-12(2)17(6)14-11-15(3,4)10-9-13(14)16-5/h12-14,16H,7-11H2,1-6H3. The van der Waals surface area contributed by atoms with Crippen LogP contribution < -0.4 is 5.32 Å². The number of rotatable bonds is 5. The van der Waals surface area contributed by atoms with E-state index >= 15 is 0 Å². The first kappa shape index (κ1) is 15.0. The first-order valence-corrected chi connectivity index (χ1v) is 7.30. The van der Waals surface area contributed by atoms with Gasteiger partial charge >= 0.3 is 0 Å². The van der Waals surface area contributed by atoms with Crippen molar-refractivity contribution in [1.29, 1.82) is 0 Å². The fraction of sp³-hybridized carbons (Fsp3) is 1.00. The van der Waals surface area contributed by atoms with Crippen LogP contribution in [0.3, 0.4) is 0 Å². The van der Waals surface area contributed by atoms with E-state index in [4.69, 9.17) is 0 Å². The van der Waals surface area contributed by atoms with Crippen LogP contribution in [0.2, 0.25) is 0 Å². The van der Waals surface area contributed by atoms with Crippen molar-refractivity contribution < 1.29 is 0 Å². The largest absolute Gasteiger partial charge is 0.315 e. The van der Waals surface area contributed by atoms with Crippen LogP contribution in [0, 0.1) is 5.41 Å². The van der Waals surface area contributed by atoms with Crippen LogP contribution >= 0.6 is 0 Å². The van der Waals surface area contributed by atoms with Crippen LogP contribution in [-0.4, -0.2) is 37.1 Å². The van der Waals surface area contributed by atoms with Crippen molar-refractivity contribution in [1.82, 2.24) is 10.2 Å². The lowest BCUT2D eigenvalue weighted by molar-refractivity contribution is 0.0594. The predicted octanol–water partition coefficient (Wildman–Crippen LogP) is 3.27. The van der Waals surface area contributed by atoms with E-state index in [1.165, 1.54) is 32.1 Å². The Labute approximate surface area is 108 Å². The van der Waals surface area contributed by atoms with Gasteiger partial charge in [0.05, 0.1) is 0 Å². The molecule has 17 heavy (non-hydrogen) atoms.